The van der Waals surface area contributed by atoms with Crippen LogP contribution in [0.3, 0.4) is 0 Å². The third-order valence-corrected chi connectivity index (χ3v) is 4.41. The summed E-state index contributed by atoms with van der Waals surface area (Å²) in [5.74, 6) is 0. The molecule has 0 saturated heterocycles. The number of ether oxygens (including phenoxy) is 1. The van der Waals surface area contributed by atoms with Crippen molar-refractivity contribution < 1.29 is 9.53 Å². The molecule has 0 spiro atoms. The van der Waals surface area contributed by atoms with E-state index in [1.54, 1.807) is 6.20 Å². The molecule has 2 heterocycles. The lowest BCUT2D eigenvalue weighted by molar-refractivity contribution is 0.0540. The van der Waals surface area contributed by atoms with Gasteiger partial charge in [0.05, 0.1) is 0 Å². The van der Waals surface area contributed by atoms with Crippen molar-refractivity contribution >= 4 is 33.1 Å². The summed E-state index contributed by atoms with van der Waals surface area (Å²) in [7, 11) is 0. The number of halogens is 1. The lowest BCUT2D eigenvalue weighted by atomic mass is 10.0. The van der Waals surface area contributed by atoms with Crippen LogP contribution in [0.25, 0.3) is 22.2 Å². The number of carbonyl (C=O) groups is 1. The van der Waals surface area contributed by atoms with E-state index in [0.29, 0.717) is 10.3 Å². The predicted molar refractivity (Wildman–Crippen MR) is 99.2 cm³/mol. The standard InChI is InChI=1S/C19H19BrN2O2/c1-12-8-5-6-9-13(12)15-14-10-7-11-21-17(14)22(16(15)20)18(23)24-19(2,3)4/h5-11H,1-4H3. The minimum atomic E-state index is -0.579. The van der Waals surface area contributed by atoms with Crippen molar-refractivity contribution in [2.45, 2.75) is 33.3 Å². The van der Waals surface area contributed by atoms with E-state index in [0.717, 1.165) is 22.1 Å². The first-order valence-electron chi connectivity index (χ1n) is 7.74. The van der Waals surface area contributed by atoms with Crippen LogP contribution in [-0.2, 0) is 4.74 Å². The maximum atomic E-state index is 12.7. The fourth-order valence-electron chi connectivity index (χ4n) is 2.67. The van der Waals surface area contributed by atoms with E-state index >= 15 is 0 Å². The van der Waals surface area contributed by atoms with E-state index in [4.69, 9.17) is 4.74 Å². The van der Waals surface area contributed by atoms with Gasteiger partial charge in [0.25, 0.3) is 0 Å². The number of carbonyl (C=O) groups excluding carboxylic acids is 1. The molecule has 0 bridgehead atoms. The third kappa shape index (κ3) is 2.96. The molecule has 4 nitrogen and oxygen atoms in total. The van der Waals surface area contributed by atoms with Crippen LogP contribution in [-0.4, -0.2) is 21.2 Å². The number of aryl methyl sites for hydroxylation is 1. The Morgan fingerprint density at radius 3 is 2.54 bits per heavy atom. The first-order valence-corrected chi connectivity index (χ1v) is 8.53. The van der Waals surface area contributed by atoms with Gasteiger partial charge in [0.2, 0.25) is 0 Å². The molecule has 0 atom stereocenters. The fraction of sp³-hybridized carbons (Fsp3) is 0.263. The van der Waals surface area contributed by atoms with Gasteiger partial charge in [0.15, 0.2) is 5.65 Å². The molecule has 24 heavy (non-hydrogen) atoms. The van der Waals surface area contributed by atoms with Crippen molar-refractivity contribution in [1.29, 1.82) is 0 Å². The maximum Gasteiger partial charge on any atom is 0.421 e. The van der Waals surface area contributed by atoms with Crippen LogP contribution in [0.15, 0.2) is 47.2 Å². The molecule has 0 aliphatic rings. The minimum absolute atomic E-state index is 0.446. The first-order chi connectivity index (χ1) is 11.3. The summed E-state index contributed by atoms with van der Waals surface area (Å²) in [5.41, 5.74) is 3.14. The van der Waals surface area contributed by atoms with Crippen LogP contribution in [0.1, 0.15) is 26.3 Å². The van der Waals surface area contributed by atoms with E-state index in [-0.39, 0.29) is 0 Å². The number of benzene rings is 1. The van der Waals surface area contributed by atoms with Crippen molar-refractivity contribution in [2.75, 3.05) is 0 Å². The molecule has 3 rings (SSSR count). The Hall–Kier alpha value is -2.14. The zero-order valence-corrected chi connectivity index (χ0v) is 15.7. The Balaban J connectivity index is 2.28. The maximum absolute atomic E-state index is 12.7. The molecule has 0 radical (unpaired) electrons. The molecule has 0 fully saturated rings. The second kappa shape index (κ2) is 6.06. The molecule has 0 N–H and O–H groups in total. The summed E-state index contributed by atoms with van der Waals surface area (Å²) in [5, 5.41) is 0.907. The normalized spacial score (nSPS) is 11.7. The smallest absolute Gasteiger partial charge is 0.421 e. The minimum Gasteiger partial charge on any atom is -0.443 e. The monoisotopic (exact) mass is 386 g/mol. The summed E-state index contributed by atoms with van der Waals surface area (Å²) in [6.07, 6.45) is 1.23. The Kier molecular flexibility index (Phi) is 4.22. The number of pyridine rings is 1. The summed E-state index contributed by atoms with van der Waals surface area (Å²) in [4.78, 5) is 17.1. The molecular formula is C19H19BrN2O2. The number of fused-ring (bicyclic) bond motifs is 1. The van der Waals surface area contributed by atoms with Gasteiger partial charge in [-0.25, -0.2) is 14.3 Å². The Bertz CT molecular complexity index is 923. The van der Waals surface area contributed by atoms with Crippen molar-refractivity contribution in [1.82, 2.24) is 9.55 Å². The topological polar surface area (TPSA) is 44.1 Å². The molecule has 1 aromatic carbocycles. The summed E-state index contributed by atoms with van der Waals surface area (Å²) in [6.45, 7) is 7.59. The van der Waals surface area contributed by atoms with Gasteiger partial charge in [0.1, 0.15) is 10.2 Å². The SMILES string of the molecule is Cc1ccccc1-c1c(Br)n(C(=O)OC(C)(C)C)c2ncccc12. The molecular weight excluding hydrogens is 368 g/mol. The van der Waals surface area contributed by atoms with Crippen LogP contribution in [0, 0.1) is 6.92 Å². The molecule has 5 heteroatoms. The second-order valence-electron chi connectivity index (χ2n) is 6.67. The largest absolute Gasteiger partial charge is 0.443 e. The van der Waals surface area contributed by atoms with Crippen LogP contribution in [0.2, 0.25) is 0 Å². The van der Waals surface area contributed by atoms with Gasteiger partial charge in [-0.2, -0.15) is 0 Å². The summed E-state index contributed by atoms with van der Waals surface area (Å²) < 4.78 is 7.69. The number of nitrogens with zero attached hydrogens (tertiary/aromatic N) is 2. The van der Waals surface area contributed by atoms with Crippen molar-refractivity contribution in [2.24, 2.45) is 0 Å². The van der Waals surface area contributed by atoms with E-state index in [1.807, 2.05) is 51.1 Å². The predicted octanol–water partition coefficient (Wildman–Crippen LogP) is 5.56. The third-order valence-electron chi connectivity index (χ3n) is 3.66. The van der Waals surface area contributed by atoms with Gasteiger partial charge < -0.3 is 4.74 Å². The molecule has 0 saturated carbocycles. The van der Waals surface area contributed by atoms with E-state index in [1.165, 1.54) is 4.57 Å². The highest BCUT2D eigenvalue weighted by molar-refractivity contribution is 9.10. The fourth-order valence-corrected chi connectivity index (χ4v) is 3.41. The van der Waals surface area contributed by atoms with Gasteiger partial charge in [-0.3, -0.25) is 0 Å². The number of hydrogen-bond acceptors (Lipinski definition) is 3. The first kappa shape index (κ1) is 16.7. The van der Waals surface area contributed by atoms with Gasteiger partial charge in [-0.15, -0.1) is 0 Å². The van der Waals surface area contributed by atoms with Crippen molar-refractivity contribution in [3.05, 3.63) is 52.8 Å². The number of aromatic nitrogens is 2. The van der Waals surface area contributed by atoms with Gasteiger partial charge in [0, 0.05) is 17.1 Å². The van der Waals surface area contributed by atoms with E-state index in [9.17, 15) is 4.79 Å². The second-order valence-corrected chi connectivity index (χ2v) is 7.42. The molecule has 124 valence electrons. The van der Waals surface area contributed by atoms with Crippen molar-refractivity contribution in [3.8, 4) is 11.1 Å². The van der Waals surface area contributed by atoms with Crippen molar-refractivity contribution in [3.63, 3.8) is 0 Å². The number of rotatable bonds is 1. The van der Waals surface area contributed by atoms with Gasteiger partial charge in [-0.1, -0.05) is 24.3 Å². The van der Waals surface area contributed by atoms with E-state index in [2.05, 4.69) is 33.9 Å². The van der Waals surface area contributed by atoms with Gasteiger partial charge in [-0.05, 0) is 66.9 Å². The van der Waals surface area contributed by atoms with Crippen LogP contribution >= 0.6 is 15.9 Å². The molecule has 0 amide bonds. The van der Waals surface area contributed by atoms with Gasteiger partial charge >= 0.3 is 6.09 Å². The highest BCUT2D eigenvalue weighted by Crippen LogP contribution is 2.39. The summed E-state index contributed by atoms with van der Waals surface area (Å²) >= 11 is 3.60. The quantitative estimate of drug-likeness (QED) is 0.549. The zero-order chi connectivity index (χ0) is 17.5. The highest BCUT2D eigenvalue weighted by Gasteiger charge is 2.26. The molecule has 2 aromatic heterocycles. The molecule has 3 aromatic rings. The average molecular weight is 387 g/mol. The number of hydrogen-bond donors (Lipinski definition) is 0. The van der Waals surface area contributed by atoms with Crippen LogP contribution in [0.5, 0.6) is 0 Å². The highest BCUT2D eigenvalue weighted by atomic mass is 79.9. The summed E-state index contributed by atoms with van der Waals surface area (Å²) in [6, 6.07) is 11.9. The van der Waals surface area contributed by atoms with Crippen LogP contribution < -0.4 is 0 Å². The average Bonchev–Trinajstić information content (AvgIpc) is 2.78. The Morgan fingerprint density at radius 2 is 1.88 bits per heavy atom. The Labute approximate surface area is 149 Å². The lowest BCUT2D eigenvalue weighted by Gasteiger charge is -2.20. The van der Waals surface area contributed by atoms with E-state index < -0.39 is 11.7 Å². The molecule has 0 aliphatic carbocycles. The molecule has 0 unspecified atom stereocenters. The Morgan fingerprint density at radius 1 is 1.17 bits per heavy atom. The zero-order valence-electron chi connectivity index (χ0n) is 14.1. The molecule has 0 aliphatic heterocycles. The lowest BCUT2D eigenvalue weighted by Crippen LogP contribution is -2.27. The van der Waals surface area contributed by atoms with Crippen LogP contribution in [0.4, 0.5) is 4.79 Å².